The predicted molar refractivity (Wildman–Crippen MR) is 97.9 cm³/mol. The maximum absolute atomic E-state index is 12.4. The Hall–Kier alpha value is -3.34. The van der Waals surface area contributed by atoms with E-state index in [1.807, 2.05) is 65.3 Å². The zero-order chi connectivity index (χ0) is 17.2. The molecule has 25 heavy (non-hydrogen) atoms. The quantitative estimate of drug-likeness (QED) is 0.623. The summed E-state index contributed by atoms with van der Waals surface area (Å²) >= 11 is 0. The highest BCUT2D eigenvalue weighted by Gasteiger charge is 2.15. The maximum Gasteiger partial charge on any atom is 0.259 e. The number of nitrogens with zero attached hydrogens (tertiary/aromatic N) is 2. The van der Waals surface area contributed by atoms with Crippen LogP contribution in [0.5, 0.6) is 5.75 Å². The molecular formula is C20H17N3O2. The van der Waals surface area contributed by atoms with Crippen LogP contribution in [0.25, 0.3) is 22.2 Å². The van der Waals surface area contributed by atoms with Gasteiger partial charge in [0.1, 0.15) is 11.4 Å². The molecule has 0 amide bonds. The fourth-order valence-electron chi connectivity index (χ4n) is 2.96. The summed E-state index contributed by atoms with van der Waals surface area (Å²) in [7, 11) is 1.65. The normalized spacial score (nSPS) is 10.9. The predicted octanol–water partition coefficient (Wildman–Crippen LogP) is 3.45. The average molecular weight is 331 g/mol. The highest BCUT2D eigenvalue weighted by molar-refractivity contribution is 5.92. The lowest BCUT2D eigenvalue weighted by molar-refractivity contribution is 0.414. The van der Waals surface area contributed by atoms with Crippen molar-refractivity contribution < 1.29 is 4.74 Å². The van der Waals surface area contributed by atoms with Gasteiger partial charge in [-0.1, -0.05) is 42.5 Å². The number of H-pyrrole nitrogens is 1. The molecule has 4 rings (SSSR count). The van der Waals surface area contributed by atoms with E-state index in [-0.39, 0.29) is 5.56 Å². The first-order chi connectivity index (χ1) is 12.3. The van der Waals surface area contributed by atoms with Gasteiger partial charge in [0, 0.05) is 11.8 Å². The molecule has 0 aliphatic rings. The molecule has 0 saturated carbocycles. The Labute approximate surface area is 144 Å². The molecule has 0 fully saturated rings. The second-order valence-corrected chi connectivity index (χ2v) is 5.79. The minimum Gasteiger partial charge on any atom is -0.497 e. The molecule has 2 aromatic heterocycles. The van der Waals surface area contributed by atoms with E-state index in [2.05, 4.69) is 4.98 Å². The van der Waals surface area contributed by atoms with Crippen LogP contribution in [0, 0.1) is 0 Å². The molecule has 4 aromatic rings. The minimum absolute atomic E-state index is 0.127. The fraction of sp³-hybridized carbons (Fsp3) is 0.100. The third-order valence-electron chi connectivity index (χ3n) is 4.21. The summed E-state index contributed by atoms with van der Waals surface area (Å²) in [6.45, 7) is 0.580. The van der Waals surface area contributed by atoms with E-state index in [9.17, 15) is 4.79 Å². The number of aromatic amines is 1. The average Bonchev–Trinajstić information content (AvgIpc) is 3.03. The number of rotatable bonds is 4. The van der Waals surface area contributed by atoms with Gasteiger partial charge >= 0.3 is 0 Å². The van der Waals surface area contributed by atoms with Gasteiger partial charge in [-0.2, -0.15) is 5.10 Å². The lowest BCUT2D eigenvalue weighted by Crippen LogP contribution is -2.06. The topological polar surface area (TPSA) is 59.9 Å². The molecule has 5 heteroatoms. The molecule has 0 atom stereocenters. The number of benzene rings is 2. The molecule has 0 saturated heterocycles. The van der Waals surface area contributed by atoms with Crippen LogP contribution in [0.1, 0.15) is 5.56 Å². The Morgan fingerprint density at radius 2 is 1.80 bits per heavy atom. The Morgan fingerprint density at radius 1 is 1.04 bits per heavy atom. The number of fused-ring (bicyclic) bond motifs is 1. The van der Waals surface area contributed by atoms with E-state index >= 15 is 0 Å². The first kappa shape index (κ1) is 15.2. The molecule has 0 unspecified atom stereocenters. The number of nitrogens with one attached hydrogen (secondary N) is 1. The van der Waals surface area contributed by atoms with Gasteiger partial charge in [0.05, 0.1) is 24.6 Å². The molecule has 2 aromatic carbocycles. The zero-order valence-corrected chi connectivity index (χ0v) is 13.8. The van der Waals surface area contributed by atoms with Crippen molar-refractivity contribution in [2.45, 2.75) is 6.54 Å². The number of hydrogen-bond acceptors (Lipinski definition) is 3. The Balaban J connectivity index is 1.84. The van der Waals surface area contributed by atoms with Crippen LogP contribution in [0.4, 0.5) is 0 Å². The molecule has 124 valence electrons. The largest absolute Gasteiger partial charge is 0.497 e. The van der Waals surface area contributed by atoms with Crippen LogP contribution in [-0.2, 0) is 6.54 Å². The number of pyridine rings is 1. The van der Waals surface area contributed by atoms with Gasteiger partial charge in [-0.25, -0.2) is 0 Å². The fourth-order valence-corrected chi connectivity index (χ4v) is 2.96. The third-order valence-corrected chi connectivity index (χ3v) is 4.21. The van der Waals surface area contributed by atoms with Crippen LogP contribution in [0.3, 0.4) is 0 Å². The van der Waals surface area contributed by atoms with Gasteiger partial charge in [0.15, 0.2) is 0 Å². The Kier molecular flexibility index (Phi) is 3.82. The number of methoxy groups -OCH3 is 1. The first-order valence-corrected chi connectivity index (χ1v) is 8.03. The van der Waals surface area contributed by atoms with Crippen molar-refractivity contribution >= 4 is 10.9 Å². The highest BCUT2D eigenvalue weighted by atomic mass is 16.5. The van der Waals surface area contributed by atoms with Gasteiger partial charge < -0.3 is 9.72 Å². The second kappa shape index (κ2) is 6.28. The number of hydrogen-bond donors (Lipinski definition) is 1. The standard InChI is InChI=1S/C20H17N3O2/c1-25-16-9-7-14(8-10-16)13-23-17-11-12-21-20(24)18(17)19(22-23)15-5-3-2-4-6-15/h2-12H,13H2,1H3,(H,21,24). The van der Waals surface area contributed by atoms with Crippen LogP contribution >= 0.6 is 0 Å². The SMILES string of the molecule is COc1ccc(Cn2nc(-c3ccccc3)c3c(=O)[nH]ccc32)cc1. The third kappa shape index (κ3) is 2.80. The van der Waals surface area contributed by atoms with Crippen molar-refractivity contribution in [1.82, 2.24) is 14.8 Å². The van der Waals surface area contributed by atoms with E-state index < -0.39 is 0 Å². The second-order valence-electron chi connectivity index (χ2n) is 5.79. The molecule has 0 aliphatic carbocycles. The Morgan fingerprint density at radius 3 is 2.52 bits per heavy atom. The highest BCUT2D eigenvalue weighted by Crippen LogP contribution is 2.25. The summed E-state index contributed by atoms with van der Waals surface area (Å²) < 4.78 is 7.07. The van der Waals surface area contributed by atoms with Gasteiger partial charge in [-0.05, 0) is 23.8 Å². The van der Waals surface area contributed by atoms with Crippen molar-refractivity contribution in [3.63, 3.8) is 0 Å². The monoisotopic (exact) mass is 331 g/mol. The van der Waals surface area contributed by atoms with Crippen molar-refractivity contribution in [2.75, 3.05) is 7.11 Å². The maximum atomic E-state index is 12.4. The first-order valence-electron chi connectivity index (χ1n) is 8.03. The molecular weight excluding hydrogens is 314 g/mol. The summed E-state index contributed by atoms with van der Waals surface area (Å²) in [4.78, 5) is 15.1. The van der Waals surface area contributed by atoms with Crippen LogP contribution in [-0.4, -0.2) is 21.9 Å². The lowest BCUT2D eigenvalue weighted by atomic mass is 10.1. The molecule has 0 aliphatic heterocycles. The summed E-state index contributed by atoms with van der Waals surface area (Å²) in [6, 6.07) is 19.5. The summed E-state index contributed by atoms with van der Waals surface area (Å²) in [5.41, 5.74) is 3.41. The molecule has 0 radical (unpaired) electrons. The molecule has 5 nitrogen and oxygen atoms in total. The summed E-state index contributed by atoms with van der Waals surface area (Å²) in [6.07, 6.45) is 1.66. The van der Waals surface area contributed by atoms with Crippen LogP contribution in [0.2, 0.25) is 0 Å². The zero-order valence-electron chi connectivity index (χ0n) is 13.8. The minimum atomic E-state index is -0.127. The van der Waals surface area contributed by atoms with E-state index in [1.165, 1.54) is 0 Å². The van der Waals surface area contributed by atoms with Gasteiger partial charge in [0.25, 0.3) is 5.56 Å². The van der Waals surface area contributed by atoms with Gasteiger partial charge in [0.2, 0.25) is 0 Å². The van der Waals surface area contributed by atoms with E-state index in [0.29, 0.717) is 17.6 Å². The lowest BCUT2D eigenvalue weighted by Gasteiger charge is -2.05. The molecule has 1 N–H and O–H groups in total. The van der Waals surface area contributed by atoms with Crippen molar-refractivity contribution in [2.24, 2.45) is 0 Å². The van der Waals surface area contributed by atoms with Crippen LogP contribution in [0.15, 0.2) is 71.7 Å². The van der Waals surface area contributed by atoms with Crippen molar-refractivity contribution in [3.8, 4) is 17.0 Å². The molecule has 0 bridgehead atoms. The molecule has 2 heterocycles. The summed E-state index contributed by atoms with van der Waals surface area (Å²) in [5.74, 6) is 0.815. The van der Waals surface area contributed by atoms with E-state index in [4.69, 9.17) is 9.84 Å². The van der Waals surface area contributed by atoms with E-state index in [1.54, 1.807) is 13.3 Å². The van der Waals surface area contributed by atoms with Crippen LogP contribution < -0.4 is 10.3 Å². The van der Waals surface area contributed by atoms with Crippen molar-refractivity contribution in [1.29, 1.82) is 0 Å². The van der Waals surface area contributed by atoms with Crippen molar-refractivity contribution in [3.05, 3.63) is 82.8 Å². The Bertz CT molecular complexity index is 1060. The van der Waals surface area contributed by atoms with Gasteiger partial charge in [-0.15, -0.1) is 0 Å². The van der Waals surface area contributed by atoms with E-state index in [0.717, 1.165) is 22.4 Å². The summed E-state index contributed by atoms with van der Waals surface area (Å²) in [5, 5.41) is 5.34. The smallest absolute Gasteiger partial charge is 0.259 e. The number of aromatic nitrogens is 3. The van der Waals surface area contributed by atoms with Gasteiger partial charge in [-0.3, -0.25) is 9.48 Å². The molecule has 0 spiro atoms. The number of ether oxygens (including phenoxy) is 1.